The van der Waals surface area contributed by atoms with Crippen molar-refractivity contribution in [3.63, 3.8) is 0 Å². The average Bonchev–Trinajstić information content (AvgIpc) is 2.51. The molecule has 0 heterocycles. The minimum atomic E-state index is -0.422. The molecule has 6 heteroatoms. The molecule has 0 fully saturated rings. The highest BCUT2D eigenvalue weighted by molar-refractivity contribution is 5.99. The molecule has 0 aromatic heterocycles. The van der Waals surface area contributed by atoms with Crippen molar-refractivity contribution in [3.05, 3.63) is 59.9 Å². The van der Waals surface area contributed by atoms with Crippen LogP contribution in [-0.2, 0) is 11.2 Å². The number of carbonyl (C=O) groups is 2. The lowest BCUT2D eigenvalue weighted by Crippen LogP contribution is -2.23. The van der Waals surface area contributed by atoms with Gasteiger partial charge >= 0.3 is 6.03 Å². The molecule has 0 radical (unpaired) electrons. The molecule has 23 heavy (non-hydrogen) atoms. The van der Waals surface area contributed by atoms with Gasteiger partial charge in [0.1, 0.15) is 5.82 Å². The number of nitrogens with one attached hydrogen (secondary N) is 2. The van der Waals surface area contributed by atoms with Gasteiger partial charge in [0, 0.05) is 25.5 Å². The molecule has 2 rings (SSSR count). The van der Waals surface area contributed by atoms with Crippen LogP contribution in [0.2, 0.25) is 0 Å². The van der Waals surface area contributed by atoms with Crippen LogP contribution in [0.4, 0.5) is 20.6 Å². The molecule has 2 aromatic carbocycles. The molecule has 3 amide bonds. The predicted molar refractivity (Wildman–Crippen MR) is 87.9 cm³/mol. The molecular weight excluding hydrogens is 297 g/mol. The Morgan fingerprint density at radius 1 is 0.913 bits per heavy atom. The highest BCUT2D eigenvalue weighted by Crippen LogP contribution is 2.12. The number of hydrogen-bond donors (Lipinski definition) is 2. The molecule has 0 saturated heterocycles. The lowest BCUT2D eigenvalue weighted by atomic mass is 10.1. The third-order valence-electron chi connectivity index (χ3n) is 3.17. The van der Waals surface area contributed by atoms with E-state index < -0.39 is 6.03 Å². The van der Waals surface area contributed by atoms with Gasteiger partial charge in [-0.25, -0.2) is 9.18 Å². The Hall–Kier alpha value is -2.89. The summed E-state index contributed by atoms with van der Waals surface area (Å²) in [6.07, 6.45) is 0.315. The summed E-state index contributed by atoms with van der Waals surface area (Å²) >= 11 is 0. The summed E-state index contributed by atoms with van der Waals surface area (Å²) in [5.41, 5.74) is 1.97. The lowest BCUT2D eigenvalue weighted by Gasteiger charge is -2.11. The number of urea groups is 1. The van der Waals surface area contributed by atoms with Crippen LogP contribution in [0.3, 0.4) is 0 Å². The maximum Gasteiger partial charge on any atom is 0.323 e. The van der Waals surface area contributed by atoms with Gasteiger partial charge in [-0.2, -0.15) is 0 Å². The van der Waals surface area contributed by atoms with Crippen LogP contribution in [0.15, 0.2) is 48.5 Å². The molecule has 0 spiro atoms. The fraction of sp³-hybridized carbons (Fsp3) is 0.176. The third kappa shape index (κ3) is 5.10. The highest BCUT2D eigenvalue weighted by atomic mass is 19.1. The van der Waals surface area contributed by atoms with Gasteiger partial charge in [-0.05, 0) is 42.0 Å². The van der Waals surface area contributed by atoms with Crippen molar-refractivity contribution in [2.45, 2.75) is 6.42 Å². The number of halogens is 1. The van der Waals surface area contributed by atoms with Crippen molar-refractivity contribution in [2.24, 2.45) is 0 Å². The summed E-state index contributed by atoms with van der Waals surface area (Å²) in [6.45, 7) is 0. The minimum absolute atomic E-state index is 0.0137. The molecule has 0 aliphatic rings. The Labute approximate surface area is 134 Å². The Morgan fingerprint density at radius 2 is 1.39 bits per heavy atom. The largest absolute Gasteiger partial charge is 0.349 e. The molecule has 0 aliphatic heterocycles. The number of anilines is 2. The van der Waals surface area contributed by atoms with Gasteiger partial charge < -0.3 is 15.5 Å². The zero-order valence-electron chi connectivity index (χ0n) is 13.0. The Balaban J connectivity index is 1.91. The first kappa shape index (κ1) is 16.5. The van der Waals surface area contributed by atoms with Crippen LogP contribution in [0.1, 0.15) is 5.56 Å². The Bertz CT molecular complexity index is 682. The molecule has 0 saturated carbocycles. The van der Waals surface area contributed by atoms with Crippen LogP contribution in [-0.4, -0.2) is 30.9 Å². The second-order valence-corrected chi connectivity index (χ2v) is 5.25. The fourth-order valence-corrected chi connectivity index (χ4v) is 1.87. The number of nitrogens with zero attached hydrogens (tertiary/aromatic N) is 1. The number of benzene rings is 2. The summed E-state index contributed by atoms with van der Waals surface area (Å²) in [5.74, 6) is -0.349. The molecule has 2 N–H and O–H groups in total. The van der Waals surface area contributed by atoms with Gasteiger partial charge in [-0.3, -0.25) is 4.79 Å². The van der Waals surface area contributed by atoms with E-state index in [1.165, 1.54) is 29.2 Å². The molecular formula is C17H18FN3O2. The summed E-state index contributed by atoms with van der Waals surface area (Å²) in [4.78, 5) is 25.0. The molecule has 0 unspecified atom stereocenters. The van der Waals surface area contributed by atoms with Crippen LogP contribution < -0.4 is 10.6 Å². The first-order valence-electron chi connectivity index (χ1n) is 7.07. The van der Waals surface area contributed by atoms with Crippen molar-refractivity contribution in [1.29, 1.82) is 0 Å². The number of likely N-dealkylation sites (N-methyl/N-ethyl adjacent to an activating group) is 1. The van der Waals surface area contributed by atoms with E-state index in [4.69, 9.17) is 0 Å². The zero-order chi connectivity index (χ0) is 16.8. The van der Waals surface area contributed by atoms with Crippen LogP contribution >= 0.6 is 0 Å². The molecule has 2 aromatic rings. The molecule has 120 valence electrons. The second-order valence-electron chi connectivity index (χ2n) is 5.25. The number of rotatable bonds is 4. The van der Waals surface area contributed by atoms with Gasteiger partial charge in [0.15, 0.2) is 0 Å². The van der Waals surface area contributed by atoms with E-state index in [1.807, 2.05) is 0 Å². The maximum atomic E-state index is 12.8. The van der Waals surface area contributed by atoms with E-state index in [-0.39, 0.29) is 11.7 Å². The lowest BCUT2D eigenvalue weighted by molar-refractivity contribution is -0.127. The number of hydrogen-bond acceptors (Lipinski definition) is 2. The van der Waals surface area contributed by atoms with Gasteiger partial charge in [-0.15, -0.1) is 0 Å². The summed E-state index contributed by atoms with van der Waals surface area (Å²) < 4.78 is 12.8. The van der Waals surface area contributed by atoms with Crippen LogP contribution in [0, 0.1) is 5.82 Å². The van der Waals surface area contributed by atoms with E-state index in [0.29, 0.717) is 17.8 Å². The quantitative estimate of drug-likeness (QED) is 0.911. The zero-order valence-corrected chi connectivity index (χ0v) is 13.0. The minimum Gasteiger partial charge on any atom is -0.349 e. The Kier molecular flexibility index (Phi) is 5.30. The standard InChI is InChI=1S/C17H18FN3O2/c1-21(2)16(22)11-12-3-7-14(8-4-12)19-17(23)20-15-9-5-13(18)6-10-15/h3-10H,11H2,1-2H3,(H2,19,20,23). The van der Waals surface area contributed by atoms with Gasteiger partial charge in [0.25, 0.3) is 0 Å². The number of amides is 3. The van der Waals surface area contributed by atoms with Gasteiger partial charge in [-0.1, -0.05) is 12.1 Å². The average molecular weight is 315 g/mol. The summed E-state index contributed by atoms with van der Waals surface area (Å²) in [6, 6.07) is 12.1. The van der Waals surface area contributed by atoms with E-state index in [2.05, 4.69) is 10.6 Å². The Morgan fingerprint density at radius 3 is 1.87 bits per heavy atom. The van der Waals surface area contributed by atoms with Crippen molar-refractivity contribution in [3.8, 4) is 0 Å². The molecule has 0 atom stereocenters. The summed E-state index contributed by atoms with van der Waals surface area (Å²) in [5, 5.41) is 5.27. The topological polar surface area (TPSA) is 61.4 Å². The van der Waals surface area contributed by atoms with Crippen LogP contribution in [0.5, 0.6) is 0 Å². The first-order valence-corrected chi connectivity index (χ1v) is 7.07. The van der Waals surface area contributed by atoms with E-state index >= 15 is 0 Å². The van der Waals surface area contributed by atoms with Gasteiger partial charge in [0.05, 0.1) is 6.42 Å². The van der Waals surface area contributed by atoms with E-state index in [9.17, 15) is 14.0 Å². The first-order chi connectivity index (χ1) is 10.9. The summed E-state index contributed by atoms with van der Waals surface area (Å²) in [7, 11) is 3.41. The smallest absolute Gasteiger partial charge is 0.323 e. The van der Waals surface area contributed by atoms with Gasteiger partial charge in [0.2, 0.25) is 5.91 Å². The van der Waals surface area contributed by atoms with E-state index in [1.54, 1.807) is 38.4 Å². The van der Waals surface area contributed by atoms with Crippen molar-refractivity contribution < 1.29 is 14.0 Å². The molecule has 0 aliphatic carbocycles. The van der Waals surface area contributed by atoms with Crippen molar-refractivity contribution in [1.82, 2.24) is 4.90 Å². The fourth-order valence-electron chi connectivity index (χ4n) is 1.87. The SMILES string of the molecule is CN(C)C(=O)Cc1ccc(NC(=O)Nc2ccc(F)cc2)cc1. The van der Waals surface area contributed by atoms with Crippen molar-refractivity contribution >= 4 is 23.3 Å². The third-order valence-corrected chi connectivity index (χ3v) is 3.17. The second kappa shape index (κ2) is 7.40. The molecule has 5 nitrogen and oxygen atoms in total. The van der Waals surface area contributed by atoms with Crippen LogP contribution in [0.25, 0.3) is 0 Å². The van der Waals surface area contributed by atoms with E-state index in [0.717, 1.165) is 5.56 Å². The normalized spacial score (nSPS) is 10.0. The maximum absolute atomic E-state index is 12.8. The predicted octanol–water partition coefficient (Wildman–Crippen LogP) is 3.10. The molecule has 0 bridgehead atoms. The number of carbonyl (C=O) groups excluding carboxylic acids is 2. The monoisotopic (exact) mass is 315 g/mol. The van der Waals surface area contributed by atoms with Crippen molar-refractivity contribution in [2.75, 3.05) is 24.7 Å². The highest BCUT2D eigenvalue weighted by Gasteiger charge is 2.06.